The summed E-state index contributed by atoms with van der Waals surface area (Å²) in [6.45, 7) is 5.66. The molecule has 1 saturated heterocycles. The molecule has 1 aromatic rings. The molecule has 2 unspecified atom stereocenters. The standard InChI is InChI=1S/C18H25N3O4/c1-18(2,3)25-17(22)21-12-6-7-13(21)9-11(8-12)14-10-19-16(24-5)20-15(14)23-4/h8,10,12-13H,6-7,9H2,1-5H3. The lowest BCUT2D eigenvalue weighted by atomic mass is 9.96. The van der Waals surface area contributed by atoms with Crippen LogP contribution in [0, 0.1) is 0 Å². The molecule has 7 heteroatoms. The summed E-state index contributed by atoms with van der Waals surface area (Å²) in [5.74, 6) is 0.489. The van der Waals surface area contributed by atoms with Crippen molar-refractivity contribution in [3.63, 3.8) is 0 Å². The van der Waals surface area contributed by atoms with E-state index in [2.05, 4.69) is 16.0 Å². The van der Waals surface area contributed by atoms with Crippen molar-refractivity contribution in [2.75, 3.05) is 14.2 Å². The monoisotopic (exact) mass is 347 g/mol. The first-order valence-corrected chi connectivity index (χ1v) is 8.50. The summed E-state index contributed by atoms with van der Waals surface area (Å²) >= 11 is 0. The Bertz CT molecular complexity index is 696. The second-order valence-electron chi connectivity index (χ2n) is 7.36. The van der Waals surface area contributed by atoms with Crippen LogP contribution in [0.15, 0.2) is 12.3 Å². The Morgan fingerprint density at radius 3 is 2.60 bits per heavy atom. The third-order valence-corrected chi connectivity index (χ3v) is 4.45. The van der Waals surface area contributed by atoms with E-state index in [1.165, 1.54) is 7.11 Å². The molecule has 0 aliphatic carbocycles. The van der Waals surface area contributed by atoms with Crippen molar-refractivity contribution in [1.29, 1.82) is 0 Å². The number of amides is 1. The van der Waals surface area contributed by atoms with Crippen LogP contribution >= 0.6 is 0 Å². The van der Waals surface area contributed by atoms with E-state index in [1.54, 1.807) is 13.3 Å². The first kappa shape index (κ1) is 17.5. The fourth-order valence-electron chi connectivity index (χ4n) is 3.45. The Hall–Kier alpha value is -2.31. The minimum absolute atomic E-state index is 0.0374. The third kappa shape index (κ3) is 3.55. The number of hydrogen-bond acceptors (Lipinski definition) is 6. The van der Waals surface area contributed by atoms with Gasteiger partial charge in [0.25, 0.3) is 0 Å². The second-order valence-corrected chi connectivity index (χ2v) is 7.36. The molecular weight excluding hydrogens is 322 g/mol. The van der Waals surface area contributed by atoms with E-state index in [0.717, 1.165) is 30.4 Å². The summed E-state index contributed by atoms with van der Waals surface area (Å²) in [5.41, 5.74) is 1.46. The zero-order valence-corrected chi connectivity index (χ0v) is 15.4. The van der Waals surface area contributed by atoms with E-state index in [9.17, 15) is 4.79 Å². The van der Waals surface area contributed by atoms with Gasteiger partial charge >= 0.3 is 12.1 Å². The van der Waals surface area contributed by atoms with Crippen molar-refractivity contribution in [3.8, 4) is 11.9 Å². The molecule has 3 heterocycles. The largest absolute Gasteiger partial charge is 0.480 e. The Kier molecular flexibility index (Phi) is 4.58. The maximum Gasteiger partial charge on any atom is 0.411 e. The smallest absolute Gasteiger partial charge is 0.411 e. The molecule has 0 radical (unpaired) electrons. The molecule has 0 saturated carbocycles. The zero-order valence-electron chi connectivity index (χ0n) is 15.4. The number of aromatic nitrogens is 2. The molecule has 2 aliphatic heterocycles. The van der Waals surface area contributed by atoms with Gasteiger partial charge in [-0.25, -0.2) is 9.78 Å². The van der Waals surface area contributed by atoms with Crippen LogP contribution < -0.4 is 9.47 Å². The Morgan fingerprint density at radius 2 is 2.00 bits per heavy atom. The van der Waals surface area contributed by atoms with Gasteiger partial charge in [-0.1, -0.05) is 6.08 Å². The molecule has 1 fully saturated rings. The molecule has 1 aromatic heterocycles. The highest BCUT2D eigenvalue weighted by atomic mass is 16.6. The first-order valence-electron chi connectivity index (χ1n) is 8.50. The lowest BCUT2D eigenvalue weighted by Gasteiger charge is -2.35. The summed E-state index contributed by atoms with van der Waals surface area (Å²) in [4.78, 5) is 22.9. The second kappa shape index (κ2) is 6.54. The van der Waals surface area contributed by atoms with E-state index in [-0.39, 0.29) is 24.2 Å². The van der Waals surface area contributed by atoms with Crippen LogP contribution in [-0.2, 0) is 4.74 Å². The summed E-state index contributed by atoms with van der Waals surface area (Å²) in [6, 6.07) is 0.442. The highest BCUT2D eigenvalue weighted by Crippen LogP contribution is 2.41. The van der Waals surface area contributed by atoms with Gasteiger partial charge in [0.05, 0.1) is 25.8 Å². The zero-order chi connectivity index (χ0) is 18.2. The molecular formula is C18H25N3O4. The van der Waals surface area contributed by atoms with Gasteiger partial charge in [0.15, 0.2) is 0 Å². The van der Waals surface area contributed by atoms with Gasteiger partial charge in [-0.2, -0.15) is 4.98 Å². The molecule has 7 nitrogen and oxygen atoms in total. The maximum atomic E-state index is 12.5. The van der Waals surface area contributed by atoms with E-state index in [4.69, 9.17) is 14.2 Å². The highest BCUT2D eigenvalue weighted by Gasteiger charge is 2.42. The van der Waals surface area contributed by atoms with Gasteiger partial charge in [0.1, 0.15) is 5.60 Å². The molecule has 1 amide bonds. The van der Waals surface area contributed by atoms with Crippen molar-refractivity contribution in [2.45, 2.75) is 57.7 Å². The predicted octanol–water partition coefficient (Wildman–Crippen LogP) is 3.05. The van der Waals surface area contributed by atoms with Gasteiger partial charge in [0.2, 0.25) is 5.88 Å². The summed E-state index contributed by atoms with van der Waals surface area (Å²) in [6.07, 6.45) is 6.23. The molecule has 2 bridgehead atoms. The number of rotatable bonds is 3. The van der Waals surface area contributed by atoms with Crippen LogP contribution in [0.5, 0.6) is 11.9 Å². The van der Waals surface area contributed by atoms with E-state index in [0.29, 0.717) is 5.88 Å². The lowest BCUT2D eigenvalue weighted by Crippen LogP contribution is -2.45. The SMILES string of the molecule is COc1ncc(C2=CC3CCC(C2)N3C(=O)OC(C)(C)C)c(OC)n1. The van der Waals surface area contributed by atoms with Gasteiger partial charge in [-0.3, -0.25) is 4.90 Å². The summed E-state index contributed by atoms with van der Waals surface area (Å²) < 4.78 is 16.0. The third-order valence-electron chi connectivity index (χ3n) is 4.45. The van der Waals surface area contributed by atoms with Crippen molar-refractivity contribution < 1.29 is 19.0 Å². The number of hydrogen-bond donors (Lipinski definition) is 0. The Morgan fingerprint density at radius 1 is 1.24 bits per heavy atom. The van der Waals surface area contributed by atoms with E-state index in [1.807, 2.05) is 25.7 Å². The number of nitrogens with zero attached hydrogens (tertiary/aromatic N) is 3. The van der Waals surface area contributed by atoms with Crippen LogP contribution in [0.3, 0.4) is 0 Å². The molecule has 2 atom stereocenters. The number of carbonyl (C=O) groups excluding carboxylic acids is 1. The number of carbonyl (C=O) groups is 1. The fourth-order valence-corrected chi connectivity index (χ4v) is 3.45. The number of methoxy groups -OCH3 is 2. The van der Waals surface area contributed by atoms with Gasteiger partial charge in [0, 0.05) is 12.2 Å². The van der Waals surface area contributed by atoms with Crippen LogP contribution in [0.25, 0.3) is 5.57 Å². The maximum absolute atomic E-state index is 12.5. The molecule has 25 heavy (non-hydrogen) atoms. The van der Waals surface area contributed by atoms with Gasteiger partial charge in [-0.15, -0.1) is 0 Å². The quantitative estimate of drug-likeness (QED) is 0.837. The highest BCUT2D eigenvalue weighted by molar-refractivity contribution is 5.76. The summed E-state index contributed by atoms with van der Waals surface area (Å²) in [5, 5.41) is 0. The van der Waals surface area contributed by atoms with Gasteiger partial charge in [-0.05, 0) is 45.6 Å². The molecule has 0 spiro atoms. The van der Waals surface area contributed by atoms with E-state index < -0.39 is 5.60 Å². The number of fused-ring (bicyclic) bond motifs is 2. The number of ether oxygens (including phenoxy) is 3. The fraction of sp³-hybridized carbons (Fsp3) is 0.611. The molecule has 2 aliphatic rings. The predicted molar refractivity (Wildman–Crippen MR) is 92.6 cm³/mol. The van der Waals surface area contributed by atoms with Crippen LogP contribution in [-0.4, -0.2) is 52.9 Å². The van der Waals surface area contributed by atoms with Crippen LogP contribution in [0.4, 0.5) is 4.79 Å². The minimum atomic E-state index is -0.493. The van der Waals surface area contributed by atoms with Crippen LogP contribution in [0.1, 0.15) is 45.6 Å². The molecule has 0 aromatic carbocycles. The first-order chi connectivity index (χ1) is 11.8. The summed E-state index contributed by atoms with van der Waals surface area (Å²) in [7, 11) is 3.10. The Balaban J connectivity index is 1.86. The Labute approximate surface area is 148 Å². The molecule has 0 N–H and O–H groups in total. The van der Waals surface area contributed by atoms with Crippen molar-refractivity contribution in [2.24, 2.45) is 0 Å². The molecule has 3 rings (SSSR count). The van der Waals surface area contributed by atoms with Crippen molar-refractivity contribution >= 4 is 11.7 Å². The van der Waals surface area contributed by atoms with Crippen LogP contribution in [0.2, 0.25) is 0 Å². The average Bonchev–Trinajstić information content (AvgIpc) is 2.83. The van der Waals surface area contributed by atoms with Crippen molar-refractivity contribution in [1.82, 2.24) is 14.9 Å². The topological polar surface area (TPSA) is 73.8 Å². The lowest BCUT2D eigenvalue weighted by molar-refractivity contribution is 0.0175. The van der Waals surface area contributed by atoms with Crippen molar-refractivity contribution in [3.05, 3.63) is 17.8 Å². The minimum Gasteiger partial charge on any atom is -0.480 e. The van der Waals surface area contributed by atoms with Gasteiger partial charge < -0.3 is 14.2 Å². The molecule has 136 valence electrons. The normalized spacial score (nSPS) is 22.4. The average molecular weight is 347 g/mol. The van der Waals surface area contributed by atoms with E-state index >= 15 is 0 Å².